The van der Waals surface area contributed by atoms with E-state index in [0.717, 1.165) is 0 Å². The van der Waals surface area contributed by atoms with Gasteiger partial charge in [0, 0.05) is 37.8 Å². The molecule has 1 aromatic heterocycles. The average Bonchev–Trinajstić information content (AvgIpc) is 2.73. The van der Waals surface area contributed by atoms with Crippen molar-refractivity contribution >= 4 is 29.1 Å². The number of piperazine rings is 1. The number of ether oxygens (including phenoxy) is 2. The van der Waals surface area contributed by atoms with Crippen LogP contribution in [0.5, 0.6) is 11.5 Å². The highest BCUT2D eigenvalue weighted by Crippen LogP contribution is 2.24. The Kier molecular flexibility index (Phi) is 6.43. The van der Waals surface area contributed by atoms with Crippen LogP contribution >= 0.6 is 23.2 Å². The second kappa shape index (κ2) is 8.81. The van der Waals surface area contributed by atoms with Gasteiger partial charge in [0.15, 0.2) is 0 Å². The van der Waals surface area contributed by atoms with Crippen LogP contribution in [0.1, 0.15) is 10.4 Å². The van der Waals surface area contributed by atoms with Crippen LogP contribution in [0.15, 0.2) is 29.2 Å². The lowest BCUT2D eigenvalue weighted by Gasteiger charge is -2.34. The third kappa shape index (κ3) is 4.40. The number of halogens is 2. The molecule has 10 heteroatoms. The molecular formula is C18H20Cl2N4O4. The summed E-state index contributed by atoms with van der Waals surface area (Å²) in [5, 5.41) is 4.10. The number of rotatable bonds is 5. The minimum absolute atomic E-state index is 0.0440. The predicted octanol–water partition coefficient (Wildman–Crippen LogP) is 1.98. The fourth-order valence-electron chi connectivity index (χ4n) is 2.94. The predicted molar refractivity (Wildman–Crippen MR) is 106 cm³/mol. The zero-order valence-electron chi connectivity index (χ0n) is 15.5. The minimum atomic E-state index is -0.434. The first-order chi connectivity index (χ1) is 13.4. The molecule has 0 spiro atoms. The van der Waals surface area contributed by atoms with Gasteiger partial charge >= 0.3 is 0 Å². The molecule has 0 saturated carbocycles. The van der Waals surface area contributed by atoms with Crippen molar-refractivity contribution in [2.75, 3.05) is 40.4 Å². The van der Waals surface area contributed by atoms with Crippen molar-refractivity contribution in [3.05, 3.63) is 50.4 Å². The first-order valence-corrected chi connectivity index (χ1v) is 9.34. The monoisotopic (exact) mass is 426 g/mol. The largest absolute Gasteiger partial charge is 0.497 e. The lowest BCUT2D eigenvalue weighted by Crippen LogP contribution is -2.50. The third-order valence-electron chi connectivity index (χ3n) is 4.53. The first-order valence-electron chi connectivity index (χ1n) is 8.58. The van der Waals surface area contributed by atoms with Gasteiger partial charge in [0.25, 0.3) is 11.5 Å². The number of benzene rings is 1. The smallest absolute Gasteiger partial charge is 0.288 e. The molecule has 2 heterocycles. The Labute approximate surface area is 172 Å². The van der Waals surface area contributed by atoms with E-state index in [2.05, 4.69) is 5.10 Å². The SMILES string of the molecule is COc1cc(OC)cc(C(=O)N2CCN(Cn3ncc(Cl)c(Cl)c3=O)CC2)c1. The molecule has 8 nitrogen and oxygen atoms in total. The van der Waals surface area contributed by atoms with Crippen molar-refractivity contribution in [2.24, 2.45) is 0 Å². The summed E-state index contributed by atoms with van der Waals surface area (Å²) in [6.07, 6.45) is 1.35. The van der Waals surface area contributed by atoms with Crippen LogP contribution < -0.4 is 15.0 Å². The van der Waals surface area contributed by atoms with Crippen LogP contribution in [-0.4, -0.2) is 65.9 Å². The fraction of sp³-hybridized carbons (Fsp3) is 0.389. The van der Waals surface area contributed by atoms with Crippen molar-refractivity contribution in [1.82, 2.24) is 19.6 Å². The molecule has 1 fully saturated rings. The van der Waals surface area contributed by atoms with E-state index in [9.17, 15) is 9.59 Å². The molecule has 0 unspecified atom stereocenters. The minimum Gasteiger partial charge on any atom is -0.497 e. The number of hydrogen-bond donors (Lipinski definition) is 0. The number of amides is 1. The Morgan fingerprint density at radius 3 is 2.25 bits per heavy atom. The molecule has 0 atom stereocenters. The van der Waals surface area contributed by atoms with E-state index < -0.39 is 5.56 Å². The molecule has 1 saturated heterocycles. The zero-order valence-corrected chi connectivity index (χ0v) is 17.0. The second-order valence-electron chi connectivity index (χ2n) is 6.26. The Bertz CT molecular complexity index is 904. The van der Waals surface area contributed by atoms with Gasteiger partial charge in [-0.1, -0.05) is 23.2 Å². The molecule has 0 radical (unpaired) electrons. The summed E-state index contributed by atoms with van der Waals surface area (Å²) < 4.78 is 11.7. The summed E-state index contributed by atoms with van der Waals surface area (Å²) in [5.41, 5.74) is 0.0724. The molecule has 1 aromatic carbocycles. The zero-order chi connectivity index (χ0) is 20.3. The molecule has 150 valence electrons. The van der Waals surface area contributed by atoms with Crippen molar-refractivity contribution in [3.8, 4) is 11.5 Å². The van der Waals surface area contributed by atoms with Crippen molar-refractivity contribution in [1.29, 1.82) is 0 Å². The summed E-state index contributed by atoms with van der Waals surface area (Å²) in [4.78, 5) is 28.7. The highest BCUT2D eigenvalue weighted by atomic mass is 35.5. The van der Waals surface area contributed by atoms with Crippen LogP contribution in [0.2, 0.25) is 10.0 Å². The third-order valence-corrected chi connectivity index (χ3v) is 5.28. The van der Waals surface area contributed by atoms with Crippen molar-refractivity contribution in [2.45, 2.75) is 6.67 Å². The average molecular weight is 427 g/mol. The van der Waals surface area contributed by atoms with Gasteiger partial charge in [-0.15, -0.1) is 0 Å². The van der Waals surface area contributed by atoms with Gasteiger partial charge in [-0.3, -0.25) is 14.5 Å². The second-order valence-corrected chi connectivity index (χ2v) is 7.05. The van der Waals surface area contributed by atoms with Crippen LogP contribution in [0.3, 0.4) is 0 Å². The van der Waals surface area contributed by atoms with E-state index in [4.69, 9.17) is 32.7 Å². The Morgan fingerprint density at radius 1 is 1.07 bits per heavy atom. The fourth-order valence-corrected chi connectivity index (χ4v) is 3.21. The number of carbonyl (C=O) groups is 1. The molecule has 3 rings (SSSR count). The van der Waals surface area contributed by atoms with Crippen LogP contribution in [0, 0.1) is 0 Å². The van der Waals surface area contributed by atoms with E-state index in [-0.39, 0.29) is 22.6 Å². The number of hydrogen-bond acceptors (Lipinski definition) is 6. The molecule has 1 aliphatic rings. The van der Waals surface area contributed by atoms with E-state index in [1.54, 1.807) is 37.3 Å². The summed E-state index contributed by atoms with van der Waals surface area (Å²) >= 11 is 11.7. The molecule has 28 heavy (non-hydrogen) atoms. The van der Waals surface area contributed by atoms with E-state index in [0.29, 0.717) is 43.2 Å². The molecule has 2 aromatic rings. The van der Waals surface area contributed by atoms with E-state index in [1.807, 2.05) is 4.90 Å². The molecule has 0 N–H and O–H groups in total. The maximum Gasteiger partial charge on any atom is 0.288 e. The van der Waals surface area contributed by atoms with Gasteiger partial charge in [-0.2, -0.15) is 5.10 Å². The van der Waals surface area contributed by atoms with Gasteiger partial charge in [0.1, 0.15) is 16.5 Å². The Balaban J connectivity index is 1.65. The molecule has 1 aliphatic heterocycles. The van der Waals surface area contributed by atoms with E-state index in [1.165, 1.54) is 10.9 Å². The Morgan fingerprint density at radius 2 is 1.68 bits per heavy atom. The maximum atomic E-state index is 12.8. The quantitative estimate of drug-likeness (QED) is 0.727. The van der Waals surface area contributed by atoms with Gasteiger partial charge in [-0.05, 0) is 12.1 Å². The lowest BCUT2D eigenvalue weighted by atomic mass is 10.1. The topological polar surface area (TPSA) is 76.9 Å². The molecule has 0 bridgehead atoms. The summed E-state index contributed by atoms with van der Waals surface area (Å²) in [6.45, 7) is 2.52. The normalized spacial score (nSPS) is 14.8. The van der Waals surface area contributed by atoms with Crippen LogP contribution in [0.25, 0.3) is 0 Å². The summed E-state index contributed by atoms with van der Waals surface area (Å²) in [5.74, 6) is 1.03. The number of aromatic nitrogens is 2. The van der Waals surface area contributed by atoms with Gasteiger partial charge in [-0.25, -0.2) is 4.68 Å². The molecule has 0 aliphatic carbocycles. The highest BCUT2D eigenvalue weighted by molar-refractivity contribution is 6.41. The van der Waals surface area contributed by atoms with Crippen LogP contribution in [0.4, 0.5) is 0 Å². The number of carbonyl (C=O) groups excluding carboxylic acids is 1. The Hall–Kier alpha value is -2.29. The van der Waals surface area contributed by atoms with Crippen molar-refractivity contribution < 1.29 is 14.3 Å². The van der Waals surface area contributed by atoms with E-state index >= 15 is 0 Å². The van der Waals surface area contributed by atoms with Gasteiger partial charge in [0.05, 0.1) is 32.1 Å². The highest BCUT2D eigenvalue weighted by Gasteiger charge is 2.24. The summed E-state index contributed by atoms with van der Waals surface area (Å²) in [7, 11) is 3.08. The van der Waals surface area contributed by atoms with Gasteiger partial charge in [0.2, 0.25) is 0 Å². The van der Waals surface area contributed by atoms with Gasteiger partial charge < -0.3 is 14.4 Å². The number of methoxy groups -OCH3 is 2. The lowest BCUT2D eigenvalue weighted by molar-refractivity contribution is 0.0582. The maximum absolute atomic E-state index is 12.8. The van der Waals surface area contributed by atoms with Crippen LogP contribution in [-0.2, 0) is 6.67 Å². The first kappa shape index (κ1) is 20.4. The molecule has 1 amide bonds. The van der Waals surface area contributed by atoms with Crippen molar-refractivity contribution in [3.63, 3.8) is 0 Å². The standard InChI is InChI=1S/C18H20Cl2N4O4/c1-27-13-7-12(8-14(9-13)28-2)17(25)23-5-3-22(4-6-23)11-24-18(26)16(20)15(19)10-21-24/h7-10H,3-6,11H2,1-2H3. The molecular weight excluding hydrogens is 407 g/mol. The number of nitrogens with zero attached hydrogens (tertiary/aromatic N) is 4. The summed E-state index contributed by atoms with van der Waals surface area (Å²) in [6, 6.07) is 5.10.